The van der Waals surface area contributed by atoms with Crippen LogP contribution in [0.5, 0.6) is 0 Å². The second kappa shape index (κ2) is 6.42. The second-order valence-electron chi connectivity index (χ2n) is 4.56. The lowest BCUT2D eigenvalue weighted by Crippen LogP contribution is -2.05. The molecular formula is C13H16N4O2S. The molecule has 0 saturated carbocycles. The van der Waals surface area contributed by atoms with Gasteiger partial charge in [-0.15, -0.1) is 0 Å². The van der Waals surface area contributed by atoms with Gasteiger partial charge in [-0.2, -0.15) is 5.10 Å². The number of nitrogens with zero attached hydrogens (tertiary/aromatic N) is 3. The molecule has 1 heterocycles. The third-order valence-electron chi connectivity index (χ3n) is 3.08. The van der Waals surface area contributed by atoms with Crippen LogP contribution in [0.3, 0.4) is 0 Å². The van der Waals surface area contributed by atoms with E-state index in [2.05, 4.69) is 17.1 Å². The summed E-state index contributed by atoms with van der Waals surface area (Å²) in [6.45, 7) is 2.70. The highest BCUT2D eigenvalue weighted by Crippen LogP contribution is 2.14. The Morgan fingerprint density at radius 3 is 2.70 bits per heavy atom. The number of non-ortho nitro benzene ring substituents is 1. The molecular weight excluding hydrogens is 276 g/mol. The summed E-state index contributed by atoms with van der Waals surface area (Å²) in [6.07, 6.45) is 3.02. The molecule has 7 heteroatoms. The first-order valence-corrected chi connectivity index (χ1v) is 6.90. The van der Waals surface area contributed by atoms with Crippen molar-refractivity contribution in [2.45, 2.75) is 32.7 Å². The lowest BCUT2D eigenvalue weighted by atomic mass is 10.2. The van der Waals surface area contributed by atoms with Crippen molar-refractivity contribution in [2.75, 3.05) is 0 Å². The first-order chi connectivity index (χ1) is 9.61. The van der Waals surface area contributed by atoms with Gasteiger partial charge < -0.3 is 0 Å². The van der Waals surface area contributed by atoms with E-state index in [4.69, 9.17) is 12.2 Å². The Labute approximate surface area is 121 Å². The summed E-state index contributed by atoms with van der Waals surface area (Å²) in [5.74, 6) is 0.926. The van der Waals surface area contributed by atoms with Crippen LogP contribution in [0.4, 0.5) is 5.69 Å². The first kappa shape index (κ1) is 14.4. The van der Waals surface area contributed by atoms with Gasteiger partial charge in [-0.05, 0) is 24.2 Å². The van der Waals surface area contributed by atoms with E-state index in [0.29, 0.717) is 11.3 Å². The highest BCUT2D eigenvalue weighted by Gasteiger charge is 2.08. The lowest BCUT2D eigenvalue weighted by Gasteiger charge is -2.06. The number of aryl methyl sites for hydroxylation is 1. The molecule has 1 N–H and O–H groups in total. The summed E-state index contributed by atoms with van der Waals surface area (Å²) in [5, 5.41) is 17.7. The van der Waals surface area contributed by atoms with E-state index in [1.54, 1.807) is 12.1 Å². The fraction of sp³-hybridized carbons (Fsp3) is 0.385. The molecule has 0 spiro atoms. The Morgan fingerprint density at radius 2 is 2.10 bits per heavy atom. The van der Waals surface area contributed by atoms with Gasteiger partial charge in [0.2, 0.25) is 0 Å². The van der Waals surface area contributed by atoms with Gasteiger partial charge in [-0.25, -0.2) is 0 Å². The average Bonchev–Trinajstić information content (AvgIpc) is 2.78. The molecule has 1 aromatic heterocycles. The number of hydrogen-bond acceptors (Lipinski definition) is 4. The van der Waals surface area contributed by atoms with Crippen molar-refractivity contribution in [3.8, 4) is 0 Å². The predicted molar refractivity (Wildman–Crippen MR) is 78.2 cm³/mol. The molecule has 106 valence electrons. The first-order valence-electron chi connectivity index (χ1n) is 6.49. The zero-order valence-electron chi connectivity index (χ0n) is 11.2. The molecule has 0 atom stereocenters. The minimum atomic E-state index is -0.403. The second-order valence-corrected chi connectivity index (χ2v) is 4.94. The van der Waals surface area contributed by atoms with Crippen LogP contribution in [-0.2, 0) is 13.0 Å². The van der Waals surface area contributed by atoms with Crippen molar-refractivity contribution < 1.29 is 4.92 Å². The Bertz CT molecular complexity index is 645. The quantitative estimate of drug-likeness (QED) is 0.503. The van der Waals surface area contributed by atoms with Gasteiger partial charge in [-0.3, -0.25) is 19.8 Å². The number of aromatic nitrogens is 3. The normalized spacial score (nSPS) is 10.7. The van der Waals surface area contributed by atoms with Gasteiger partial charge in [0.15, 0.2) is 4.77 Å². The van der Waals surface area contributed by atoms with E-state index in [0.717, 1.165) is 30.7 Å². The molecule has 0 saturated heterocycles. The Balaban J connectivity index is 2.19. The number of H-pyrrole nitrogens is 1. The van der Waals surface area contributed by atoms with Crippen LogP contribution in [0.25, 0.3) is 0 Å². The average molecular weight is 292 g/mol. The van der Waals surface area contributed by atoms with Gasteiger partial charge in [-0.1, -0.05) is 25.5 Å². The molecule has 0 unspecified atom stereocenters. The van der Waals surface area contributed by atoms with Crippen molar-refractivity contribution in [3.63, 3.8) is 0 Å². The molecule has 0 radical (unpaired) electrons. The van der Waals surface area contributed by atoms with Crippen LogP contribution in [0.1, 0.15) is 31.2 Å². The summed E-state index contributed by atoms with van der Waals surface area (Å²) in [7, 11) is 0. The van der Waals surface area contributed by atoms with Crippen molar-refractivity contribution in [2.24, 2.45) is 0 Å². The fourth-order valence-corrected chi connectivity index (χ4v) is 2.16. The van der Waals surface area contributed by atoms with Crippen LogP contribution in [0, 0.1) is 14.9 Å². The van der Waals surface area contributed by atoms with Crippen LogP contribution in [0.15, 0.2) is 24.3 Å². The van der Waals surface area contributed by atoms with Crippen molar-refractivity contribution in [1.82, 2.24) is 14.8 Å². The van der Waals surface area contributed by atoms with Gasteiger partial charge in [0.1, 0.15) is 5.82 Å². The fourth-order valence-electron chi connectivity index (χ4n) is 1.94. The number of nitrogens with one attached hydrogen (secondary N) is 1. The zero-order chi connectivity index (χ0) is 14.5. The monoisotopic (exact) mass is 292 g/mol. The number of unbranched alkanes of at least 4 members (excludes halogenated alkanes) is 1. The summed E-state index contributed by atoms with van der Waals surface area (Å²) in [5.41, 5.74) is 1.06. The smallest absolute Gasteiger partial charge is 0.269 e. The predicted octanol–water partition coefficient (Wildman–Crippen LogP) is 3.24. The van der Waals surface area contributed by atoms with Crippen molar-refractivity contribution in [1.29, 1.82) is 0 Å². The number of hydrogen-bond donors (Lipinski definition) is 1. The van der Waals surface area contributed by atoms with Crippen LogP contribution in [0.2, 0.25) is 0 Å². The Morgan fingerprint density at radius 1 is 1.40 bits per heavy atom. The van der Waals surface area contributed by atoms with Crippen LogP contribution < -0.4 is 0 Å². The Hall–Kier alpha value is -2.02. The minimum absolute atomic E-state index is 0.0933. The molecule has 20 heavy (non-hydrogen) atoms. The topological polar surface area (TPSA) is 76.8 Å². The third kappa shape index (κ3) is 3.30. The summed E-state index contributed by atoms with van der Waals surface area (Å²) in [4.78, 5) is 10.2. The molecule has 2 aromatic rings. The van der Waals surface area contributed by atoms with E-state index in [-0.39, 0.29) is 5.69 Å². The van der Waals surface area contributed by atoms with E-state index in [1.807, 2.05) is 4.57 Å². The third-order valence-corrected chi connectivity index (χ3v) is 3.39. The molecule has 0 aliphatic rings. The van der Waals surface area contributed by atoms with Gasteiger partial charge in [0.25, 0.3) is 5.69 Å². The number of rotatable bonds is 6. The summed E-state index contributed by atoms with van der Waals surface area (Å²) < 4.78 is 2.51. The maximum absolute atomic E-state index is 10.6. The maximum Gasteiger partial charge on any atom is 0.269 e. The van der Waals surface area contributed by atoms with E-state index in [9.17, 15) is 10.1 Å². The van der Waals surface area contributed by atoms with Crippen LogP contribution in [-0.4, -0.2) is 19.7 Å². The van der Waals surface area contributed by atoms with E-state index in [1.165, 1.54) is 12.1 Å². The number of nitro benzene ring substituents is 1. The largest absolute Gasteiger partial charge is 0.300 e. The molecule has 2 rings (SSSR count). The highest BCUT2D eigenvalue weighted by atomic mass is 32.1. The number of aromatic amines is 1. The van der Waals surface area contributed by atoms with E-state index < -0.39 is 4.92 Å². The lowest BCUT2D eigenvalue weighted by molar-refractivity contribution is -0.384. The van der Waals surface area contributed by atoms with Gasteiger partial charge in [0.05, 0.1) is 11.5 Å². The van der Waals surface area contributed by atoms with Gasteiger partial charge in [0, 0.05) is 18.6 Å². The van der Waals surface area contributed by atoms with Crippen molar-refractivity contribution >= 4 is 17.9 Å². The summed E-state index contributed by atoms with van der Waals surface area (Å²) in [6, 6.07) is 6.50. The molecule has 0 aliphatic carbocycles. The number of benzene rings is 1. The van der Waals surface area contributed by atoms with Crippen molar-refractivity contribution in [3.05, 3.63) is 50.5 Å². The number of nitro groups is 1. The molecule has 1 aromatic carbocycles. The zero-order valence-corrected chi connectivity index (χ0v) is 12.0. The molecule has 6 nitrogen and oxygen atoms in total. The summed E-state index contributed by atoms with van der Waals surface area (Å²) >= 11 is 5.23. The molecule has 0 aliphatic heterocycles. The standard InChI is InChI=1S/C13H16N4O2S/c1-2-3-4-12-14-15-13(20)16(12)9-10-5-7-11(8-6-10)17(18)19/h5-8H,2-4,9H2,1H3,(H,15,20). The molecule has 0 amide bonds. The molecule has 0 fully saturated rings. The van der Waals surface area contributed by atoms with E-state index >= 15 is 0 Å². The molecule has 0 bridgehead atoms. The van der Waals surface area contributed by atoms with Gasteiger partial charge >= 0.3 is 0 Å². The maximum atomic E-state index is 10.6. The minimum Gasteiger partial charge on any atom is -0.300 e. The SMILES string of the molecule is CCCCc1n[nH]c(=S)n1Cc1ccc([N+](=O)[O-])cc1. The Kier molecular flexibility index (Phi) is 4.62. The highest BCUT2D eigenvalue weighted by molar-refractivity contribution is 7.71. The van der Waals surface area contributed by atoms with Crippen LogP contribution >= 0.6 is 12.2 Å².